The largest absolute Gasteiger partial charge is 0.335 e. The maximum Gasteiger partial charge on any atom is 0.275 e. The monoisotopic (exact) mass is 369 g/mol. The maximum absolute atomic E-state index is 13.8. The van der Waals surface area contributed by atoms with Crippen LogP contribution >= 0.6 is 0 Å². The SMILES string of the molecule is CC(C)(C)c1ccc(C(=O)N2CCN(C(=O)c3ncccc3F)CC2)cc1. The zero-order valence-electron chi connectivity index (χ0n) is 15.9. The minimum absolute atomic E-state index is 0.0360. The van der Waals surface area contributed by atoms with E-state index in [0.29, 0.717) is 31.7 Å². The first kappa shape index (κ1) is 19.0. The Bertz CT molecular complexity index is 835. The fraction of sp³-hybridized carbons (Fsp3) is 0.381. The molecule has 0 radical (unpaired) electrons. The Hall–Kier alpha value is -2.76. The van der Waals surface area contributed by atoms with Gasteiger partial charge < -0.3 is 9.80 Å². The number of nitrogens with zero attached hydrogens (tertiary/aromatic N) is 3. The van der Waals surface area contributed by atoms with Crippen LogP contribution < -0.4 is 0 Å². The molecule has 27 heavy (non-hydrogen) atoms. The molecule has 1 fully saturated rings. The summed E-state index contributed by atoms with van der Waals surface area (Å²) in [5.41, 5.74) is 1.68. The number of rotatable bonds is 2. The molecular weight excluding hydrogens is 345 g/mol. The first-order valence-corrected chi connectivity index (χ1v) is 9.07. The summed E-state index contributed by atoms with van der Waals surface area (Å²) < 4.78 is 13.8. The van der Waals surface area contributed by atoms with Crippen molar-refractivity contribution in [1.82, 2.24) is 14.8 Å². The van der Waals surface area contributed by atoms with Gasteiger partial charge in [0.25, 0.3) is 11.8 Å². The Labute approximate surface area is 158 Å². The van der Waals surface area contributed by atoms with E-state index in [1.165, 1.54) is 28.8 Å². The van der Waals surface area contributed by atoms with Crippen molar-refractivity contribution in [3.63, 3.8) is 0 Å². The standard InChI is InChI=1S/C21H24FN3O2/c1-21(2,3)16-8-6-15(7-9-16)19(26)24-11-13-25(14-12-24)20(27)18-17(22)5-4-10-23-18/h4-10H,11-14H2,1-3H3. The minimum atomic E-state index is -0.625. The van der Waals surface area contributed by atoms with Gasteiger partial charge in [0.1, 0.15) is 0 Å². The van der Waals surface area contributed by atoms with E-state index in [-0.39, 0.29) is 17.0 Å². The lowest BCUT2D eigenvalue weighted by molar-refractivity contribution is 0.0529. The van der Waals surface area contributed by atoms with Crippen LogP contribution in [0.2, 0.25) is 0 Å². The molecule has 6 heteroatoms. The molecule has 1 aromatic carbocycles. The predicted molar refractivity (Wildman–Crippen MR) is 101 cm³/mol. The number of pyridine rings is 1. The first-order chi connectivity index (χ1) is 12.8. The zero-order chi connectivity index (χ0) is 19.6. The third-order valence-corrected chi connectivity index (χ3v) is 4.81. The van der Waals surface area contributed by atoms with Gasteiger partial charge in [-0.25, -0.2) is 9.37 Å². The second-order valence-electron chi connectivity index (χ2n) is 7.75. The number of amides is 2. The van der Waals surface area contributed by atoms with Gasteiger partial charge in [0, 0.05) is 37.9 Å². The molecule has 1 aliphatic heterocycles. The van der Waals surface area contributed by atoms with Crippen LogP contribution in [0.4, 0.5) is 4.39 Å². The number of aromatic nitrogens is 1. The molecule has 5 nitrogen and oxygen atoms in total. The fourth-order valence-electron chi connectivity index (χ4n) is 3.10. The van der Waals surface area contributed by atoms with Crippen molar-refractivity contribution < 1.29 is 14.0 Å². The van der Waals surface area contributed by atoms with Crippen molar-refractivity contribution in [2.24, 2.45) is 0 Å². The number of carbonyl (C=O) groups is 2. The van der Waals surface area contributed by atoms with Gasteiger partial charge in [0.2, 0.25) is 0 Å². The molecular formula is C21H24FN3O2. The molecule has 0 aliphatic carbocycles. The van der Waals surface area contributed by atoms with Crippen LogP contribution in [-0.2, 0) is 5.41 Å². The quantitative estimate of drug-likeness (QED) is 0.817. The summed E-state index contributed by atoms with van der Waals surface area (Å²) in [6, 6.07) is 10.3. The van der Waals surface area contributed by atoms with Crippen LogP contribution in [0.15, 0.2) is 42.6 Å². The molecule has 0 N–H and O–H groups in total. The van der Waals surface area contributed by atoms with E-state index in [1.807, 2.05) is 24.3 Å². The predicted octanol–water partition coefficient (Wildman–Crippen LogP) is 3.12. The van der Waals surface area contributed by atoms with Crippen molar-refractivity contribution in [3.05, 3.63) is 65.2 Å². The van der Waals surface area contributed by atoms with E-state index in [4.69, 9.17) is 0 Å². The summed E-state index contributed by atoms with van der Waals surface area (Å²) in [5, 5.41) is 0. The molecule has 0 atom stereocenters. The lowest BCUT2D eigenvalue weighted by Crippen LogP contribution is -2.50. The van der Waals surface area contributed by atoms with Gasteiger partial charge >= 0.3 is 0 Å². The van der Waals surface area contributed by atoms with Crippen LogP contribution in [0.5, 0.6) is 0 Å². The van der Waals surface area contributed by atoms with Gasteiger partial charge in [0.15, 0.2) is 11.5 Å². The Morgan fingerprint density at radius 2 is 1.48 bits per heavy atom. The van der Waals surface area contributed by atoms with Crippen molar-refractivity contribution in [1.29, 1.82) is 0 Å². The lowest BCUT2D eigenvalue weighted by atomic mass is 9.86. The average molecular weight is 369 g/mol. The van der Waals surface area contributed by atoms with Gasteiger partial charge in [-0.3, -0.25) is 9.59 Å². The van der Waals surface area contributed by atoms with Gasteiger partial charge in [-0.15, -0.1) is 0 Å². The van der Waals surface area contributed by atoms with Crippen LogP contribution in [0.3, 0.4) is 0 Å². The van der Waals surface area contributed by atoms with E-state index in [1.54, 1.807) is 4.90 Å². The Morgan fingerprint density at radius 1 is 0.926 bits per heavy atom. The van der Waals surface area contributed by atoms with Gasteiger partial charge in [-0.2, -0.15) is 0 Å². The molecule has 1 aromatic heterocycles. The Balaban J connectivity index is 1.63. The molecule has 2 heterocycles. The molecule has 2 aromatic rings. The number of halogens is 1. The molecule has 0 saturated carbocycles. The first-order valence-electron chi connectivity index (χ1n) is 9.07. The highest BCUT2D eigenvalue weighted by Crippen LogP contribution is 2.22. The zero-order valence-corrected chi connectivity index (χ0v) is 15.9. The van der Waals surface area contributed by atoms with E-state index in [0.717, 1.165) is 0 Å². The van der Waals surface area contributed by atoms with E-state index < -0.39 is 11.7 Å². The summed E-state index contributed by atoms with van der Waals surface area (Å²) in [5.74, 6) is -1.11. The number of benzene rings is 1. The third kappa shape index (κ3) is 4.15. The summed E-state index contributed by atoms with van der Waals surface area (Å²) in [6.07, 6.45) is 1.40. The Kier molecular flexibility index (Phi) is 5.26. The second-order valence-corrected chi connectivity index (χ2v) is 7.75. The number of carbonyl (C=O) groups excluding carboxylic acids is 2. The van der Waals surface area contributed by atoms with Crippen LogP contribution in [0.1, 0.15) is 47.2 Å². The van der Waals surface area contributed by atoms with Crippen LogP contribution in [0.25, 0.3) is 0 Å². The van der Waals surface area contributed by atoms with Crippen molar-refractivity contribution in [2.75, 3.05) is 26.2 Å². The normalized spacial score (nSPS) is 15.0. The number of piperazine rings is 1. The molecule has 1 saturated heterocycles. The van der Waals surface area contributed by atoms with E-state index in [9.17, 15) is 14.0 Å². The summed E-state index contributed by atoms with van der Waals surface area (Å²) in [4.78, 5) is 32.2. The van der Waals surface area contributed by atoms with E-state index >= 15 is 0 Å². The van der Waals surface area contributed by atoms with Crippen molar-refractivity contribution in [2.45, 2.75) is 26.2 Å². The summed E-state index contributed by atoms with van der Waals surface area (Å²) in [7, 11) is 0. The molecule has 0 spiro atoms. The Morgan fingerprint density at radius 3 is 2.00 bits per heavy atom. The van der Waals surface area contributed by atoms with Gasteiger partial charge in [-0.05, 0) is 35.2 Å². The highest BCUT2D eigenvalue weighted by Gasteiger charge is 2.27. The fourth-order valence-corrected chi connectivity index (χ4v) is 3.10. The summed E-state index contributed by atoms with van der Waals surface area (Å²) in [6.45, 7) is 7.95. The molecule has 142 valence electrons. The van der Waals surface area contributed by atoms with E-state index in [2.05, 4.69) is 25.8 Å². The molecule has 2 amide bonds. The third-order valence-electron chi connectivity index (χ3n) is 4.81. The van der Waals surface area contributed by atoms with Crippen LogP contribution in [0, 0.1) is 5.82 Å². The highest BCUT2D eigenvalue weighted by molar-refractivity contribution is 5.95. The number of hydrogen-bond acceptors (Lipinski definition) is 3. The maximum atomic E-state index is 13.8. The summed E-state index contributed by atoms with van der Waals surface area (Å²) >= 11 is 0. The smallest absolute Gasteiger partial charge is 0.275 e. The molecule has 3 rings (SSSR count). The molecule has 0 bridgehead atoms. The topological polar surface area (TPSA) is 53.5 Å². The van der Waals surface area contributed by atoms with Crippen molar-refractivity contribution in [3.8, 4) is 0 Å². The highest BCUT2D eigenvalue weighted by atomic mass is 19.1. The van der Waals surface area contributed by atoms with Gasteiger partial charge in [-0.1, -0.05) is 32.9 Å². The average Bonchev–Trinajstić information content (AvgIpc) is 2.67. The second kappa shape index (κ2) is 7.47. The van der Waals surface area contributed by atoms with Crippen molar-refractivity contribution >= 4 is 11.8 Å². The molecule has 1 aliphatic rings. The molecule has 0 unspecified atom stereocenters. The van der Waals surface area contributed by atoms with Crippen LogP contribution in [-0.4, -0.2) is 52.8 Å². The number of hydrogen-bond donors (Lipinski definition) is 0. The lowest BCUT2D eigenvalue weighted by Gasteiger charge is -2.34. The van der Waals surface area contributed by atoms with Gasteiger partial charge in [0.05, 0.1) is 0 Å². The minimum Gasteiger partial charge on any atom is -0.335 e.